The van der Waals surface area contributed by atoms with Crippen molar-refractivity contribution in [1.29, 1.82) is 0 Å². The van der Waals surface area contributed by atoms with Crippen molar-refractivity contribution in [2.24, 2.45) is 0 Å². The quantitative estimate of drug-likeness (QED) is 0.864. The Morgan fingerprint density at radius 3 is 2.71 bits per heavy atom. The zero-order valence-electron chi connectivity index (χ0n) is 7.92. The van der Waals surface area contributed by atoms with Gasteiger partial charge in [0.15, 0.2) is 0 Å². The van der Waals surface area contributed by atoms with Crippen LogP contribution >= 0.6 is 27.5 Å². The van der Waals surface area contributed by atoms with Gasteiger partial charge < -0.3 is 9.94 Å². The summed E-state index contributed by atoms with van der Waals surface area (Å²) in [4.78, 5) is 0. The minimum absolute atomic E-state index is 0.363. The number of halogens is 2. The minimum atomic E-state index is 0.363. The van der Waals surface area contributed by atoms with Crippen molar-refractivity contribution in [2.75, 3.05) is 14.2 Å². The van der Waals surface area contributed by atoms with Crippen LogP contribution in [0.25, 0.3) is 0 Å². The van der Waals surface area contributed by atoms with E-state index in [-0.39, 0.29) is 0 Å². The molecule has 0 aliphatic rings. The molecule has 0 unspecified atom stereocenters. The van der Waals surface area contributed by atoms with E-state index in [1.54, 1.807) is 26.3 Å². The molecular weight excluding hydrogens is 269 g/mol. The highest BCUT2D eigenvalue weighted by Crippen LogP contribution is 2.32. The first-order chi connectivity index (χ1) is 6.54. The molecule has 0 aromatic heterocycles. The van der Waals surface area contributed by atoms with Crippen molar-refractivity contribution >= 4 is 27.5 Å². The van der Waals surface area contributed by atoms with Gasteiger partial charge in [0.1, 0.15) is 5.75 Å². The summed E-state index contributed by atoms with van der Waals surface area (Å²) in [7, 11) is 3.14. The fourth-order valence-electron chi connectivity index (χ4n) is 1.21. The van der Waals surface area contributed by atoms with Crippen molar-refractivity contribution in [1.82, 2.24) is 5.06 Å². The van der Waals surface area contributed by atoms with Crippen LogP contribution in [0, 0.1) is 0 Å². The molecule has 5 heteroatoms. The second-order valence-corrected chi connectivity index (χ2v) is 4.19. The molecule has 14 heavy (non-hydrogen) atoms. The number of hydrogen-bond acceptors (Lipinski definition) is 3. The van der Waals surface area contributed by atoms with E-state index in [1.165, 1.54) is 0 Å². The molecule has 0 aliphatic heterocycles. The summed E-state index contributed by atoms with van der Waals surface area (Å²) in [5, 5.41) is 10.8. The molecule has 0 saturated heterocycles. The molecule has 0 bridgehead atoms. The van der Waals surface area contributed by atoms with E-state index < -0.39 is 0 Å². The van der Waals surface area contributed by atoms with Gasteiger partial charge in [0.2, 0.25) is 0 Å². The molecule has 1 aromatic carbocycles. The van der Waals surface area contributed by atoms with Gasteiger partial charge in [0.25, 0.3) is 0 Å². The van der Waals surface area contributed by atoms with Crippen LogP contribution in [-0.2, 0) is 6.54 Å². The maximum Gasteiger partial charge on any atom is 0.137 e. The third kappa shape index (κ3) is 2.85. The zero-order valence-corrected chi connectivity index (χ0v) is 10.3. The molecule has 1 N–H and O–H groups in total. The molecule has 1 aromatic rings. The van der Waals surface area contributed by atoms with Crippen LogP contribution in [0.15, 0.2) is 16.6 Å². The van der Waals surface area contributed by atoms with Crippen molar-refractivity contribution in [3.8, 4) is 5.75 Å². The number of hydrogen-bond donors (Lipinski definition) is 1. The van der Waals surface area contributed by atoms with Crippen LogP contribution in [0.4, 0.5) is 0 Å². The molecule has 78 valence electrons. The Balaban J connectivity index is 3.11. The highest BCUT2D eigenvalue weighted by molar-refractivity contribution is 9.10. The van der Waals surface area contributed by atoms with E-state index in [4.69, 9.17) is 21.5 Å². The molecule has 0 heterocycles. The molecule has 0 aliphatic carbocycles. The number of methoxy groups -OCH3 is 1. The highest BCUT2D eigenvalue weighted by Gasteiger charge is 2.10. The lowest BCUT2D eigenvalue weighted by atomic mass is 10.2. The van der Waals surface area contributed by atoms with Crippen LogP contribution < -0.4 is 4.74 Å². The average molecular weight is 281 g/mol. The molecule has 0 saturated carbocycles. The Hall–Kier alpha value is -0.290. The predicted octanol–water partition coefficient (Wildman–Crippen LogP) is 2.93. The molecule has 0 spiro atoms. The Morgan fingerprint density at radius 1 is 1.57 bits per heavy atom. The standard InChI is InChI=1S/C9H11BrClNO2/c1-12(13)5-6-3-7(11)4-8(10)9(6)14-2/h3-4,13H,5H2,1-2H3. The summed E-state index contributed by atoms with van der Waals surface area (Å²) in [5.41, 5.74) is 0.830. The van der Waals surface area contributed by atoms with E-state index in [9.17, 15) is 0 Å². The lowest BCUT2D eigenvalue weighted by Gasteiger charge is -2.13. The van der Waals surface area contributed by atoms with Crippen molar-refractivity contribution in [2.45, 2.75) is 6.54 Å². The normalized spacial score (nSPS) is 10.7. The van der Waals surface area contributed by atoms with Gasteiger partial charge in [-0.1, -0.05) is 11.6 Å². The van der Waals surface area contributed by atoms with Gasteiger partial charge in [-0.05, 0) is 28.1 Å². The SMILES string of the molecule is COc1c(Br)cc(Cl)cc1CN(C)O. The molecule has 0 fully saturated rings. The Morgan fingerprint density at radius 2 is 2.21 bits per heavy atom. The van der Waals surface area contributed by atoms with Crippen molar-refractivity contribution < 1.29 is 9.94 Å². The number of benzene rings is 1. The van der Waals surface area contributed by atoms with E-state index in [2.05, 4.69) is 15.9 Å². The third-order valence-electron chi connectivity index (χ3n) is 1.69. The Kier molecular flexibility index (Phi) is 4.19. The van der Waals surface area contributed by atoms with Crippen LogP contribution in [-0.4, -0.2) is 24.4 Å². The largest absolute Gasteiger partial charge is 0.495 e. The molecule has 0 radical (unpaired) electrons. The smallest absolute Gasteiger partial charge is 0.137 e. The second kappa shape index (κ2) is 4.98. The summed E-state index contributed by atoms with van der Waals surface area (Å²) < 4.78 is 5.97. The van der Waals surface area contributed by atoms with Crippen LogP contribution in [0.1, 0.15) is 5.56 Å². The third-order valence-corrected chi connectivity index (χ3v) is 2.50. The number of ether oxygens (including phenoxy) is 1. The summed E-state index contributed by atoms with van der Waals surface area (Å²) in [6.45, 7) is 0.363. The van der Waals surface area contributed by atoms with E-state index in [1.807, 2.05) is 0 Å². The molecule has 1 rings (SSSR count). The van der Waals surface area contributed by atoms with Crippen molar-refractivity contribution in [3.63, 3.8) is 0 Å². The first-order valence-electron chi connectivity index (χ1n) is 3.96. The van der Waals surface area contributed by atoms with Crippen LogP contribution in [0.5, 0.6) is 5.75 Å². The molecule has 0 atom stereocenters. The monoisotopic (exact) mass is 279 g/mol. The molecular formula is C9H11BrClNO2. The van der Waals surface area contributed by atoms with Gasteiger partial charge in [-0.15, -0.1) is 0 Å². The second-order valence-electron chi connectivity index (χ2n) is 2.90. The lowest BCUT2D eigenvalue weighted by Crippen LogP contribution is -2.12. The summed E-state index contributed by atoms with van der Waals surface area (Å²) in [6, 6.07) is 3.51. The topological polar surface area (TPSA) is 32.7 Å². The number of rotatable bonds is 3. The predicted molar refractivity (Wildman–Crippen MR) is 59.0 cm³/mol. The lowest BCUT2D eigenvalue weighted by molar-refractivity contribution is -0.0735. The summed E-state index contributed by atoms with van der Waals surface area (Å²) in [6.07, 6.45) is 0. The van der Waals surface area contributed by atoms with Crippen LogP contribution in [0.3, 0.4) is 0 Å². The first-order valence-corrected chi connectivity index (χ1v) is 5.13. The maximum absolute atomic E-state index is 9.13. The highest BCUT2D eigenvalue weighted by atomic mass is 79.9. The first kappa shape index (κ1) is 11.8. The fraction of sp³-hybridized carbons (Fsp3) is 0.333. The Labute approximate surface area is 96.3 Å². The molecule has 3 nitrogen and oxygen atoms in total. The number of nitrogens with zero attached hydrogens (tertiary/aromatic N) is 1. The Bertz CT molecular complexity index is 331. The van der Waals surface area contributed by atoms with Gasteiger partial charge in [-0.3, -0.25) is 0 Å². The van der Waals surface area contributed by atoms with Crippen molar-refractivity contribution in [3.05, 3.63) is 27.2 Å². The summed E-state index contributed by atoms with van der Waals surface area (Å²) in [5.74, 6) is 0.690. The zero-order chi connectivity index (χ0) is 10.7. The van der Waals surface area contributed by atoms with Gasteiger partial charge in [0.05, 0.1) is 18.1 Å². The van der Waals surface area contributed by atoms with Gasteiger partial charge in [-0.25, -0.2) is 0 Å². The van der Waals surface area contributed by atoms with Gasteiger partial charge in [-0.2, -0.15) is 5.06 Å². The fourth-order valence-corrected chi connectivity index (χ4v) is 2.24. The van der Waals surface area contributed by atoms with E-state index in [0.717, 1.165) is 15.1 Å². The number of hydroxylamine groups is 2. The average Bonchev–Trinajstić information content (AvgIpc) is 2.01. The van der Waals surface area contributed by atoms with Crippen LogP contribution in [0.2, 0.25) is 5.02 Å². The van der Waals surface area contributed by atoms with Gasteiger partial charge >= 0.3 is 0 Å². The van der Waals surface area contributed by atoms with E-state index >= 15 is 0 Å². The molecule has 0 amide bonds. The van der Waals surface area contributed by atoms with Gasteiger partial charge in [0, 0.05) is 17.6 Å². The summed E-state index contributed by atoms with van der Waals surface area (Å²) >= 11 is 9.22. The minimum Gasteiger partial charge on any atom is -0.495 e. The van der Waals surface area contributed by atoms with E-state index in [0.29, 0.717) is 17.3 Å². The maximum atomic E-state index is 9.13.